The van der Waals surface area contributed by atoms with Crippen molar-refractivity contribution in [1.82, 2.24) is 0 Å². The highest BCUT2D eigenvalue weighted by molar-refractivity contribution is 5.96. The van der Waals surface area contributed by atoms with Crippen molar-refractivity contribution >= 4 is 11.9 Å². The van der Waals surface area contributed by atoms with Gasteiger partial charge in [-0.25, -0.2) is 9.59 Å². The minimum Gasteiger partial charge on any atom is -0.478 e. The number of carboxylic acids is 2. The van der Waals surface area contributed by atoms with Gasteiger partial charge in [-0.2, -0.15) is 0 Å². The van der Waals surface area contributed by atoms with E-state index in [1.54, 1.807) is 0 Å². The van der Waals surface area contributed by atoms with Crippen LogP contribution in [0.25, 0.3) is 0 Å². The van der Waals surface area contributed by atoms with Crippen molar-refractivity contribution < 1.29 is 19.8 Å². The first-order valence-corrected chi connectivity index (χ1v) is 4.60. The maximum Gasteiger partial charge on any atom is 0.335 e. The molecule has 0 unspecified atom stereocenters. The molecule has 0 saturated carbocycles. The van der Waals surface area contributed by atoms with Crippen LogP contribution in [0.3, 0.4) is 0 Å². The summed E-state index contributed by atoms with van der Waals surface area (Å²) in [6.07, 6.45) is 0. The Morgan fingerprint density at radius 3 is 1.60 bits per heavy atom. The largest absolute Gasteiger partial charge is 0.478 e. The SMILES string of the molecule is CC.Cc1c(C(=O)O)cccc1C(=O)O. The van der Waals surface area contributed by atoms with E-state index >= 15 is 0 Å². The number of aromatic carboxylic acids is 2. The van der Waals surface area contributed by atoms with Crippen LogP contribution in [0.5, 0.6) is 0 Å². The first-order valence-electron chi connectivity index (χ1n) is 4.60. The third kappa shape index (κ3) is 3.09. The minimum absolute atomic E-state index is 0.0277. The third-order valence-corrected chi connectivity index (χ3v) is 1.79. The zero-order valence-electron chi connectivity index (χ0n) is 8.94. The average molecular weight is 210 g/mol. The molecule has 0 aromatic heterocycles. The second kappa shape index (κ2) is 5.80. The fourth-order valence-corrected chi connectivity index (χ4v) is 1.10. The lowest BCUT2D eigenvalue weighted by Gasteiger charge is -2.03. The second-order valence-electron chi connectivity index (χ2n) is 2.59. The van der Waals surface area contributed by atoms with E-state index in [0.29, 0.717) is 0 Å². The van der Waals surface area contributed by atoms with Crippen LogP contribution < -0.4 is 0 Å². The molecule has 1 rings (SSSR count). The van der Waals surface area contributed by atoms with E-state index in [9.17, 15) is 9.59 Å². The molecule has 0 aliphatic carbocycles. The highest BCUT2D eigenvalue weighted by Crippen LogP contribution is 2.13. The highest BCUT2D eigenvalue weighted by atomic mass is 16.4. The monoisotopic (exact) mass is 210 g/mol. The van der Waals surface area contributed by atoms with Crippen LogP contribution in [0.2, 0.25) is 0 Å². The topological polar surface area (TPSA) is 74.6 Å². The van der Waals surface area contributed by atoms with Gasteiger partial charge < -0.3 is 10.2 Å². The molecular weight excluding hydrogens is 196 g/mol. The van der Waals surface area contributed by atoms with E-state index in [-0.39, 0.29) is 16.7 Å². The van der Waals surface area contributed by atoms with E-state index in [1.807, 2.05) is 13.8 Å². The molecule has 1 aromatic carbocycles. The summed E-state index contributed by atoms with van der Waals surface area (Å²) in [4.78, 5) is 21.2. The Labute approximate surface area is 88.2 Å². The van der Waals surface area contributed by atoms with Gasteiger partial charge in [0.25, 0.3) is 0 Å². The molecule has 1 aromatic rings. The van der Waals surface area contributed by atoms with Crippen LogP contribution >= 0.6 is 0 Å². The maximum absolute atomic E-state index is 10.6. The number of carboxylic acid groups (broad SMARTS) is 2. The average Bonchev–Trinajstić information content (AvgIpc) is 2.20. The van der Waals surface area contributed by atoms with Crippen LogP contribution in [0, 0.1) is 6.92 Å². The van der Waals surface area contributed by atoms with Crippen LogP contribution in [0.1, 0.15) is 40.1 Å². The van der Waals surface area contributed by atoms with Gasteiger partial charge in [-0.15, -0.1) is 0 Å². The fraction of sp³-hybridized carbons (Fsp3) is 0.273. The third-order valence-electron chi connectivity index (χ3n) is 1.79. The zero-order chi connectivity index (χ0) is 12.0. The van der Waals surface area contributed by atoms with Crippen molar-refractivity contribution in [1.29, 1.82) is 0 Å². The molecule has 0 bridgehead atoms. The number of benzene rings is 1. The van der Waals surface area contributed by atoms with Crippen molar-refractivity contribution in [3.63, 3.8) is 0 Å². The zero-order valence-corrected chi connectivity index (χ0v) is 8.94. The summed E-state index contributed by atoms with van der Waals surface area (Å²) in [5.41, 5.74) is 0.335. The van der Waals surface area contributed by atoms with Crippen LogP contribution in [0.15, 0.2) is 18.2 Å². The molecule has 0 radical (unpaired) electrons. The Kier molecular flexibility index (Phi) is 5.09. The number of hydrogen-bond donors (Lipinski definition) is 2. The molecule has 82 valence electrons. The number of hydrogen-bond acceptors (Lipinski definition) is 2. The highest BCUT2D eigenvalue weighted by Gasteiger charge is 2.13. The quantitative estimate of drug-likeness (QED) is 0.786. The first-order chi connectivity index (χ1) is 7.04. The Morgan fingerprint density at radius 1 is 1.00 bits per heavy atom. The molecule has 0 amide bonds. The Morgan fingerprint density at radius 2 is 1.33 bits per heavy atom. The molecule has 0 fully saturated rings. The lowest BCUT2D eigenvalue weighted by molar-refractivity contribution is 0.0696. The van der Waals surface area contributed by atoms with Gasteiger partial charge in [0.15, 0.2) is 0 Å². The number of carbonyl (C=O) groups is 2. The smallest absolute Gasteiger partial charge is 0.335 e. The number of rotatable bonds is 2. The van der Waals surface area contributed by atoms with E-state index in [1.165, 1.54) is 25.1 Å². The molecule has 4 heteroatoms. The van der Waals surface area contributed by atoms with Gasteiger partial charge in [-0.1, -0.05) is 19.9 Å². The van der Waals surface area contributed by atoms with E-state index in [0.717, 1.165) is 0 Å². The molecule has 0 spiro atoms. The molecule has 4 nitrogen and oxygen atoms in total. The van der Waals surface area contributed by atoms with Crippen molar-refractivity contribution in [2.75, 3.05) is 0 Å². The minimum atomic E-state index is -1.11. The van der Waals surface area contributed by atoms with Crippen molar-refractivity contribution in [3.8, 4) is 0 Å². The standard InChI is InChI=1S/C9H8O4.C2H6/c1-5-6(8(10)11)3-2-4-7(5)9(12)13;1-2/h2-4H,1H3,(H,10,11)(H,12,13);1-2H3. The lowest BCUT2D eigenvalue weighted by atomic mass is 10.0. The first kappa shape index (κ1) is 13.2. The molecule has 2 N–H and O–H groups in total. The Bertz CT molecular complexity index is 337. The Hall–Kier alpha value is -1.84. The molecule has 0 aliphatic heterocycles. The van der Waals surface area contributed by atoms with E-state index < -0.39 is 11.9 Å². The summed E-state index contributed by atoms with van der Waals surface area (Å²) < 4.78 is 0. The summed E-state index contributed by atoms with van der Waals surface area (Å²) in [5.74, 6) is -2.22. The fourth-order valence-electron chi connectivity index (χ4n) is 1.10. The normalized spacial score (nSPS) is 8.73. The summed E-state index contributed by atoms with van der Waals surface area (Å²) in [6, 6.07) is 4.17. The van der Waals surface area contributed by atoms with Gasteiger partial charge in [0.1, 0.15) is 0 Å². The molecule has 0 heterocycles. The van der Waals surface area contributed by atoms with Gasteiger partial charge >= 0.3 is 11.9 Å². The maximum atomic E-state index is 10.6. The predicted molar refractivity (Wildman–Crippen MR) is 56.4 cm³/mol. The van der Waals surface area contributed by atoms with Crippen LogP contribution in [0.4, 0.5) is 0 Å². The summed E-state index contributed by atoms with van der Waals surface area (Å²) in [5, 5.41) is 17.4. The van der Waals surface area contributed by atoms with Gasteiger partial charge in [0.2, 0.25) is 0 Å². The van der Waals surface area contributed by atoms with Crippen molar-refractivity contribution in [3.05, 3.63) is 34.9 Å². The van der Waals surface area contributed by atoms with Crippen LogP contribution in [-0.2, 0) is 0 Å². The Balaban J connectivity index is 0.000000921. The molecular formula is C11H14O4. The van der Waals surface area contributed by atoms with E-state index in [4.69, 9.17) is 10.2 Å². The lowest BCUT2D eigenvalue weighted by Crippen LogP contribution is -2.06. The van der Waals surface area contributed by atoms with Crippen LogP contribution in [-0.4, -0.2) is 22.2 Å². The molecule has 15 heavy (non-hydrogen) atoms. The van der Waals surface area contributed by atoms with Gasteiger partial charge in [-0.05, 0) is 24.6 Å². The summed E-state index contributed by atoms with van der Waals surface area (Å²) >= 11 is 0. The van der Waals surface area contributed by atoms with Gasteiger partial charge in [0.05, 0.1) is 11.1 Å². The molecule has 0 aliphatic rings. The van der Waals surface area contributed by atoms with E-state index in [2.05, 4.69) is 0 Å². The van der Waals surface area contributed by atoms with Gasteiger partial charge in [0, 0.05) is 0 Å². The predicted octanol–water partition coefficient (Wildman–Crippen LogP) is 2.42. The van der Waals surface area contributed by atoms with Gasteiger partial charge in [-0.3, -0.25) is 0 Å². The molecule has 0 saturated heterocycles. The van der Waals surface area contributed by atoms with Crippen molar-refractivity contribution in [2.24, 2.45) is 0 Å². The summed E-state index contributed by atoms with van der Waals surface area (Å²) in [6.45, 7) is 5.48. The molecule has 0 atom stereocenters. The second-order valence-corrected chi connectivity index (χ2v) is 2.59. The van der Waals surface area contributed by atoms with Crippen molar-refractivity contribution in [2.45, 2.75) is 20.8 Å². The summed E-state index contributed by atoms with van der Waals surface area (Å²) in [7, 11) is 0.